The minimum Gasteiger partial charge on any atom is -0.339 e. The number of hydrogen-bond donors (Lipinski definition) is 1. The average Bonchev–Trinajstić information content (AvgIpc) is 2.86. The van der Waals surface area contributed by atoms with E-state index in [1.807, 2.05) is 0 Å². The smallest absolute Gasteiger partial charge is 0.225 e. The number of carbonyl (C=O) groups is 1. The van der Waals surface area contributed by atoms with Gasteiger partial charge in [-0.3, -0.25) is 4.79 Å². The van der Waals surface area contributed by atoms with Crippen LogP contribution in [-0.2, 0) is 4.79 Å². The van der Waals surface area contributed by atoms with Crippen LogP contribution in [0.1, 0.15) is 59.3 Å². The van der Waals surface area contributed by atoms with Gasteiger partial charge >= 0.3 is 0 Å². The van der Waals surface area contributed by atoms with Crippen molar-refractivity contribution in [2.75, 3.05) is 6.54 Å². The van der Waals surface area contributed by atoms with E-state index in [4.69, 9.17) is 5.73 Å². The van der Waals surface area contributed by atoms with Crippen LogP contribution >= 0.6 is 0 Å². The number of amides is 1. The highest BCUT2D eigenvalue weighted by Crippen LogP contribution is 2.33. The lowest BCUT2D eigenvalue weighted by Crippen LogP contribution is -2.44. The van der Waals surface area contributed by atoms with Crippen LogP contribution in [0.4, 0.5) is 0 Å². The molecule has 110 valence electrons. The molecule has 2 aliphatic rings. The first kappa shape index (κ1) is 14.8. The summed E-state index contributed by atoms with van der Waals surface area (Å²) in [5.74, 6) is 1.62. The van der Waals surface area contributed by atoms with E-state index >= 15 is 0 Å². The van der Waals surface area contributed by atoms with E-state index in [0.29, 0.717) is 29.8 Å². The third-order valence-corrected chi connectivity index (χ3v) is 5.20. The summed E-state index contributed by atoms with van der Waals surface area (Å²) in [6.45, 7) is 7.56. The molecule has 0 aromatic heterocycles. The van der Waals surface area contributed by atoms with Gasteiger partial charge in [0.25, 0.3) is 0 Å². The number of likely N-dealkylation sites (tertiary alicyclic amines) is 1. The number of hydrogen-bond acceptors (Lipinski definition) is 2. The van der Waals surface area contributed by atoms with E-state index in [1.165, 1.54) is 25.7 Å². The number of nitrogens with zero attached hydrogens (tertiary/aromatic N) is 1. The van der Waals surface area contributed by atoms with E-state index in [0.717, 1.165) is 19.4 Å². The molecule has 1 amide bonds. The first-order valence-corrected chi connectivity index (χ1v) is 8.06. The van der Waals surface area contributed by atoms with Crippen molar-refractivity contribution in [2.45, 2.75) is 71.4 Å². The van der Waals surface area contributed by atoms with Crippen molar-refractivity contribution < 1.29 is 4.79 Å². The molecule has 2 N–H and O–H groups in total. The molecule has 0 spiro atoms. The molecule has 4 unspecified atom stereocenters. The monoisotopic (exact) mass is 266 g/mol. The van der Waals surface area contributed by atoms with Crippen molar-refractivity contribution in [1.82, 2.24) is 4.90 Å². The molecule has 1 aliphatic carbocycles. The largest absolute Gasteiger partial charge is 0.339 e. The zero-order valence-electron chi connectivity index (χ0n) is 12.8. The molecule has 19 heavy (non-hydrogen) atoms. The first-order chi connectivity index (χ1) is 9.00. The Morgan fingerprint density at radius 2 is 1.89 bits per heavy atom. The van der Waals surface area contributed by atoms with Gasteiger partial charge in [0.2, 0.25) is 5.91 Å². The lowest BCUT2D eigenvalue weighted by atomic mass is 9.78. The van der Waals surface area contributed by atoms with Gasteiger partial charge < -0.3 is 10.6 Å². The molecule has 3 nitrogen and oxygen atoms in total. The van der Waals surface area contributed by atoms with Gasteiger partial charge in [0.05, 0.1) is 0 Å². The Bertz CT molecular complexity index is 316. The van der Waals surface area contributed by atoms with E-state index in [9.17, 15) is 4.79 Å². The molecular weight excluding hydrogens is 236 g/mol. The molecule has 3 heteroatoms. The second-order valence-corrected chi connectivity index (χ2v) is 6.96. The zero-order valence-corrected chi connectivity index (χ0v) is 12.8. The van der Waals surface area contributed by atoms with Gasteiger partial charge in [-0.15, -0.1) is 0 Å². The molecule has 1 saturated carbocycles. The average molecular weight is 266 g/mol. The van der Waals surface area contributed by atoms with Gasteiger partial charge in [0.15, 0.2) is 0 Å². The SMILES string of the molecule is CC(C)C1CCCN1C(=O)C(C)C1CCCC(N)C1. The van der Waals surface area contributed by atoms with E-state index in [-0.39, 0.29) is 5.92 Å². The van der Waals surface area contributed by atoms with Gasteiger partial charge in [-0.1, -0.05) is 27.2 Å². The van der Waals surface area contributed by atoms with Gasteiger partial charge in [-0.2, -0.15) is 0 Å². The normalized spacial score (nSPS) is 33.7. The second-order valence-electron chi connectivity index (χ2n) is 6.96. The molecule has 0 radical (unpaired) electrons. The Morgan fingerprint density at radius 3 is 2.53 bits per heavy atom. The number of carbonyl (C=O) groups excluding carboxylic acids is 1. The maximum absolute atomic E-state index is 12.8. The van der Waals surface area contributed by atoms with Gasteiger partial charge in [-0.25, -0.2) is 0 Å². The number of rotatable bonds is 3. The third-order valence-electron chi connectivity index (χ3n) is 5.20. The van der Waals surface area contributed by atoms with Crippen molar-refractivity contribution in [3.8, 4) is 0 Å². The Kier molecular flexibility index (Phi) is 4.88. The fourth-order valence-corrected chi connectivity index (χ4v) is 3.94. The van der Waals surface area contributed by atoms with Crippen LogP contribution in [0.3, 0.4) is 0 Å². The summed E-state index contributed by atoms with van der Waals surface area (Å²) < 4.78 is 0. The minimum absolute atomic E-state index is 0.158. The van der Waals surface area contributed by atoms with Crippen LogP contribution in [0.25, 0.3) is 0 Å². The third kappa shape index (κ3) is 3.31. The Balaban J connectivity index is 1.98. The van der Waals surface area contributed by atoms with Crippen LogP contribution < -0.4 is 5.73 Å². The molecule has 1 saturated heterocycles. The van der Waals surface area contributed by atoms with Crippen LogP contribution in [0.2, 0.25) is 0 Å². The summed E-state index contributed by atoms with van der Waals surface area (Å²) in [4.78, 5) is 14.9. The fourth-order valence-electron chi connectivity index (χ4n) is 3.94. The molecular formula is C16H30N2O. The fraction of sp³-hybridized carbons (Fsp3) is 0.938. The molecule has 1 aliphatic heterocycles. The van der Waals surface area contributed by atoms with Crippen molar-refractivity contribution in [1.29, 1.82) is 0 Å². The summed E-state index contributed by atoms with van der Waals surface area (Å²) in [7, 11) is 0. The molecule has 4 atom stereocenters. The summed E-state index contributed by atoms with van der Waals surface area (Å²) >= 11 is 0. The topological polar surface area (TPSA) is 46.3 Å². The summed E-state index contributed by atoms with van der Waals surface area (Å²) in [5, 5.41) is 0. The zero-order chi connectivity index (χ0) is 14.0. The molecule has 0 aromatic carbocycles. The highest BCUT2D eigenvalue weighted by Gasteiger charge is 2.36. The quantitative estimate of drug-likeness (QED) is 0.854. The Morgan fingerprint density at radius 1 is 1.16 bits per heavy atom. The lowest BCUT2D eigenvalue weighted by Gasteiger charge is -2.35. The van der Waals surface area contributed by atoms with Crippen LogP contribution in [0.15, 0.2) is 0 Å². The highest BCUT2D eigenvalue weighted by molar-refractivity contribution is 5.79. The predicted molar refractivity (Wildman–Crippen MR) is 78.7 cm³/mol. The van der Waals surface area contributed by atoms with Gasteiger partial charge in [0.1, 0.15) is 0 Å². The Hall–Kier alpha value is -0.570. The van der Waals surface area contributed by atoms with Crippen LogP contribution in [0.5, 0.6) is 0 Å². The summed E-state index contributed by atoms with van der Waals surface area (Å²) in [6, 6.07) is 0.778. The molecule has 0 bridgehead atoms. The molecule has 2 rings (SSSR count). The molecule has 1 heterocycles. The maximum Gasteiger partial charge on any atom is 0.225 e. The second kappa shape index (κ2) is 6.25. The molecule has 0 aromatic rings. The lowest BCUT2D eigenvalue weighted by molar-refractivity contribution is -0.138. The van der Waals surface area contributed by atoms with Crippen LogP contribution in [0, 0.1) is 17.8 Å². The van der Waals surface area contributed by atoms with E-state index < -0.39 is 0 Å². The maximum atomic E-state index is 12.8. The van der Waals surface area contributed by atoms with Crippen LogP contribution in [-0.4, -0.2) is 29.4 Å². The van der Waals surface area contributed by atoms with Gasteiger partial charge in [-0.05, 0) is 43.9 Å². The summed E-state index contributed by atoms with van der Waals surface area (Å²) in [5.41, 5.74) is 6.07. The van der Waals surface area contributed by atoms with Gasteiger partial charge in [0, 0.05) is 24.5 Å². The Labute approximate surface area is 117 Å². The van der Waals surface area contributed by atoms with Crippen molar-refractivity contribution in [2.24, 2.45) is 23.5 Å². The van der Waals surface area contributed by atoms with Crippen molar-refractivity contribution in [3.05, 3.63) is 0 Å². The number of nitrogens with two attached hydrogens (primary N) is 1. The van der Waals surface area contributed by atoms with E-state index in [2.05, 4.69) is 25.7 Å². The first-order valence-electron chi connectivity index (χ1n) is 8.06. The van der Waals surface area contributed by atoms with E-state index in [1.54, 1.807) is 0 Å². The van der Waals surface area contributed by atoms with Crippen molar-refractivity contribution >= 4 is 5.91 Å². The van der Waals surface area contributed by atoms with Crippen molar-refractivity contribution in [3.63, 3.8) is 0 Å². The predicted octanol–water partition coefficient (Wildman–Crippen LogP) is 2.79. The molecule has 2 fully saturated rings. The minimum atomic E-state index is 0.158. The highest BCUT2D eigenvalue weighted by atomic mass is 16.2. The standard InChI is InChI=1S/C16H30N2O/c1-11(2)15-8-5-9-18(15)16(19)12(3)13-6-4-7-14(17)10-13/h11-15H,4-10,17H2,1-3H3. The summed E-state index contributed by atoms with van der Waals surface area (Å²) in [6.07, 6.45) is 6.90.